The fourth-order valence-corrected chi connectivity index (χ4v) is 2.88. The van der Waals surface area contributed by atoms with Gasteiger partial charge >= 0.3 is 0 Å². The van der Waals surface area contributed by atoms with E-state index in [0.717, 1.165) is 32.4 Å². The van der Waals surface area contributed by atoms with E-state index in [-0.39, 0.29) is 5.91 Å². The number of carbonyl (C=O) groups excluding carboxylic acids is 1. The smallest absolute Gasteiger partial charge is 0.224 e. The fourth-order valence-electron chi connectivity index (χ4n) is 2.88. The predicted octanol–water partition coefficient (Wildman–Crippen LogP) is 2.43. The maximum absolute atomic E-state index is 12.2. The van der Waals surface area contributed by atoms with Gasteiger partial charge in [0, 0.05) is 24.2 Å². The molecule has 1 heterocycles. The molecule has 1 saturated heterocycles. The van der Waals surface area contributed by atoms with Crippen molar-refractivity contribution in [1.82, 2.24) is 5.32 Å². The van der Waals surface area contributed by atoms with E-state index < -0.39 is 0 Å². The van der Waals surface area contributed by atoms with Crippen LogP contribution in [0.1, 0.15) is 25.7 Å². The number of carbonyl (C=O) groups is 1. The summed E-state index contributed by atoms with van der Waals surface area (Å²) in [6.07, 6.45) is 3.76. The van der Waals surface area contributed by atoms with Crippen molar-refractivity contribution in [2.45, 2.75) is 25.7 Å². The van der Waals surface area contributed by atoms with Crippen LogP contribution in [0.15, 0.2) is 12.1 Å². The number of hydrogen-bond acceptors (Lipinski definition) is 5. The van der Waals surface area contributed by atoms with Gasteiger partial charge in [-0.2, -0.15) is 0 Å². The second-order valence-electron chi connectivity index (χ2n) is 5.69. The Hall–Kier alpha value is -1.95. The molecule has 0 aliphatic carbocycles. The minimum absolute atomic E-state index is 0.0119. The Kier molecular flexibility index (Phi) is 6.52. The van der Waals surface area contributed by atoms with Crippen molar-refractivity contribution in [2.24, 2.45) is 5.92 Å². The number of benzene rings is 1. The molecule has 0 radical (unpaired) electrons. The van der Waals surface area contributed by atoms with E-state index in [1.165, 1.54) is 0 Å². The van der Waals surface area contributed by atoms with Crippen molar-refractivity contribution < 1.29 is 19.0 Å². The average Bonchev–Trinajstić information content (AvgIpc) is 2.59. The van der Waals surface area contributed by atoms with Crippen molar-refractivity contribution in [3.63, 3.8) is 0 Å². The van der Waals surface area contributed by atoms with Gasteiger partial charge in [-0.3, -0.25) is 4.79 Å². The number of nitrogens with one attached hydrogen (secondary N) is 2. The molecule has 0 aromatic heterocycles. The SMILES string of the molecule is COc1cc(NC(=O)CCC2CCNCC2)cc(OC)c1OC. The van der Waals surface area contributed by atoms with E-state index >= 15 is 0 Å². The zero-order chi connectivity index (χ0) is 16.7. The first-order valence-electron chi connectivity index (χ1n) is 7.98. The summed E-state index contributed by atoms with van der Waals surface area (Å²) in [5.74, 6) is 2.23. The summed E-state index contributed by atoms with van der Waals surface area (Å²) >= 11 is 0. The van der Waals surface area contributed by atoms with Gasteiger partial charge in [-0.05, 0) is 38.3 Å². The van der Waals surface area contributed by atoms with Crippen LogP contribution in [0.25, 0.3) is 0 Å². The van der Waals surface area contributed by atoms with Gasteiger partial charge < -0.3 is 24.8 Å². The second kappa shape index (κ2) is 8.62. The Balaban J connectivity index is 1.96. The van der Waals surface area contributed by atoms with Gasteiger partial charge in [0.05, 0.1) is 21.3 Å². The predicted molar refractivity (Wildman–Crippen MR) is 89.6 cm³/mol. The molecule has 1 fully saturated rings. The minimum Gasteiger partial charge on any atom is -0.493 e. The first kappa shape index (κ1) is 17.4. The van der Waals surface area contributed by atoms with E-state index in [1.54, 1.807) is 33.5 Å². The van der Waals surface area contributed by atoms with Crippen molar-refractivity contribution in [1.29, 1.82) is 0 Å². The first-order chi connectivity index (χ1) is 11.2. The lowest BCUT2D eigenvalue weighted by molar-refractivity contribution is -0.116. The van der Waals surface area contributed by atoms with Crippen LogP contribution in [0, 0.1) is 5.92 Å². The number of methoxy groups -OCH3 is 3. The van der Waals surface area contributed by atoms with E-state index in [9.17, 15) is 4.79 Å². The van der Waals surface area contributed by atoms with Gasteiger partial charge in [-0.15, -0.1) is 0 Å². The van der Waals surface area contributed by atoms with Crippen molar-refractivity contribution in [3.05, 3.63) is 12.1 Å². The quantitative estimate of drug-likeness (QED) is 0.807. The van der Waals surface area contributed by atoms with Crippen LogP contribution in [0.3, 0.4) is 0 Å². The molecule has 6 heteroatoms. The van der Waals surface area contributed by atoms with Gasteiger partial charge in [0.25, 0.3) is 0 Å². The molecular formula is C17H26N2O4. The summed E-state index contributed by atoms with van der Waals surface area (Å²) in [6, 6.07) is 3.48. The summed E-state index contributed by atoms with van der Waals surface area (Å²) in [5.41, 5.74) is 0.648. The summed E-state index contributed by atoms with van der Waals surface area (Å²) in [4.78, 5) is 12.2. The monoisotopic (exact) mass is 322 g/mol. The maximum Gasteiger partial charge on any atom is 0.224 e. The topological polar surface area (TPSA) is 68.8 Å². The summed E-state index contributed by atoms with van der Waals surface area (Å²) in [5, 5.41) is 6.25. The van der Waals surface area contributed by atoms with Crippen molar-refractivity contribution in [3.8, 4) is 17.2 Å². The number of rotatable bonds is 7. The van der Waals surface area contributed by atoms with Gasteiger partial charge in [-0.25, -0.2) is 0 Å². The normalized spacial score (nSPS) is 15.1. The molecule has 128 valence electrons. The number of piperidine rings is 1. The highest BCUT2D eigenvalue weighted by molar-refractivity contribution is 5.91. The molecule has 2 rings (SSSR count). The molecule has 0 bridgehead atoms. The average molecular weight is 322 g/mol. The molecule has 1 amide bonds. The molecule has 23 heavy (non-hydrogen) atoms. The molecule has 0 spiro atoms. The lowest BCUT2D eigenvalue weighted by atomic mass is 9.93. The molecule has 0 unspecified atom stereocenters. The van der Waals surface area contributed by atoms with Crippen LogP contribution in [-0.2, 0) is 4.79 Å². The third-order valence-corrected chi connectivity index (χ3v) is 4.19. The summed E-state index contributed by atoms with van der Waals surface area (Å²) in [7, 11) is 4.66. The Bertz CT molecular complexity index is 502. The largest absolute Gasteiger partial charge is 0.493 e. The molecule has 0 saturated carbocycles. The highest BCUT2D eigenvalue weighted by Gasteiger charge is 2.16. The molecule has 1 aliphatic rings. The molecular weight excluding hydrogens is 296 g/mol. The summed E-state index contributed by atoms with van der Waals surface area (Å²) < 4.78 is 15.9. The number of anilines is 1. The lowest BCUT2D eigenvalue weighted by Gasteiger charge is -2.22. The molecule has 2 N–H and O–H groups in total. The number of ether oxygens (including phenoxy) is 3. The van der Waals surface area contributed by atoms with Crippen LogP contribution < -0.4 is 24.8 Å². The Morgan fingerprint density at radius 3 is 2.26 bits per heavy atom. The Labute approximate surface area is 137 Å². The van der Waals surface area contributed by atoms with E-state index in [0.29, 0.717) is 35.3 Å². The molecule has 0 atom stereocenters. The first-order valence-corrected chi connectivity index (χ1v) is 7.98. The molecule has 1 aromatic rings. The van der Waals surface area contributed by atoms with Crippen LogP contribution in [0.2, 0.25) is 0 Å². The van der Waals surface area contributed by atoms with E-state index in [4.69, 9.17) is 14.2 Å². The van der Waals surface area contributed by atoms with E-state index in [2.05, 4.69) is 10.6 Å². The van der Waals surface area contributed by atoms with Crippen molar-refractivity contribution in [2.75, 3.05) is 39.7 Å². The number of hydrogen-bond donors (Lipinski definition) is 2. The standard InChI is InChI=1S/C17H26N2O4/c1-21-14-10-13(11-15(22-2)17(14)23-3)19-16(20)5-4-12-6-8-18-9-7-12/h10-12,18H,4-9H2,1-3H3,(H,19,20). The third-order valence-electron chi connectivity index (χ3n) is 4.19. The molecule has 6 nitrogen and oxygen atoms in total. The zero-order valence-corrected chi connectivity index (χ0v) is 14.1. The van der Waals surface area contributed by atoms with Gasteiger partial charge in [0.2, 0.25) is 11.7 Å². The zero-order valence-electron chi connectivity index (χ0n) is 14.1. The van der Waals surface area contributed by atoms with Gasteiger partial charge in [-0.1, -0.05) is 0 Å². The fraction of sp³-hybridized carbons (Fsp3) is 0.588. The molecule has 1 aromatic carbocycles. The lowest BCUT2D eigenvalue weighted by Crippen LogP contribution is -2.28. The Morgan fingerprint density at radius 2 is 1.74 bits per heavy atom. The van der Waals surface area contributed by atoms with Crippen LogP contribution >= 0.6 is 0 Å². The number of amides is 1. The highest BCUT2D eigenvalue weighted by Crippen LogP contribution is 2.39. The minimum atomic E-state index is 0.0119. The Morgan fingerprint density at radius 1 is 1.13 bits per heavy atom. The van der Waals surface area contributed by atoms with E-state index in [1.807, 2.05) is 0 Å². The van der Waals surface area contributed by atoms with Crippen LogP contribution in [0.5, 0.6) is 17.2 Å². The second-order valence-corrected chi connectivity index (χ2v) is 5.69. The maximum atomic E-state index is 12.2. The third kappa shape index (κ3) is 4.76. The van der Waals surface area contributed by atoms with Gasteiger partial charge in [0.1, 0.15) is 0 Å². The van der Waals surface area contributed by atoms with Gasteiger partial charge in [0.15, 0.2) is 11.5 Å². The summed E-state index contributed by atoms with van der Waals surface area (Å²) in [6.45, 7) is 2.11. The molecule has 1 aliphatic heterocycles. The van der Waals surface area contributed by atoms with Crippen LogP contribution in [0.4, 0.5) is 5.69 Å². The highest BCUT2D eigenvalue weighted by atomic mass is 16.5. The van der Waals surface area contributed by atoms with Crippen LogP contribution in [-0.4, -0.2) is 40.3 Å². The van der Waals surface area contributed by atoms with Crippen molar-refractivity contribution >= 4 is 11.6 Å².